The molecule has 0 saturated carbocycles. The zero-order valence-electron chi connectivity index (χ0n) is 6.63. The van der Waals surface area contributed by atoms with Crippen molar-refractivity contribution in [1.29, 1.82) is 0 Å². The van der Waals surface area contributed by atoms with Crippen LogP contribution in [0.2, 0.25) is 0 Å². The van der Waals surface area contributed by atoms with Gasteiger partial charge in [-0.2, -0.15) is 0 Å². The van der Waals surface area contributed by atoms with Gasteiger partial charge in [0.15, 0.2) is 5.69 Å². The lowest BCUT2D eigenvalue weighted by atomic mass is 10.3. The van der Waals surface area contributed by atoms with E-state index in [0.717, 1.165) is 16.9 Å². The SMILES string of the molecule is [C-]#[N+]c1ccc2nc(C)[nH]c2c1. The normalized spacial score (nSPS) is 10.0. The molecule has 2 rings (SSSR count). The van der Waals surface area contributed by atoms with Gasteiger partial charge < -0.3 is 4.98 Å². The maximum Gasteiger partial charge on any atom is 0.189 e. The Balaban J connectivity index is 2.77. The van der Waals surface area contributed by atoms with Crippen LogP contribution in [0.1, 0.15) is 5.82 Å². The van der Waals surface area contributed by atoms with Crippen LogP contribution in [0.15, 0.2) is 18.2 Å². The summed E-state index contributed by atoms with van der Waals surface area (Å²) in [6.07, 6.45) is 0. The van der Waals surface area contributed by atoms with E-state index in [9.17, 15) is 0 Å². The second kappa shape index (κ2) is 2.35. The van der Waals surface area contributed by atoms with Crippen LogP contribution in [-0.2, 0) is 0 Å². The molecule has 12 heavy (non-hydrogen) atoms. The number of aromatic amines is 1. The predicted molar refractivity (Wildman–Crippen MR) is 47.1 cm³/mol. The fourth-order valence-electron chi connectivity index (χ4n) is 1.19. The van der Waals surface area contributed by atoms with Gasteiger partial charge >= 0.3 is 0 Å². The summed E-state index contributed by atoms with van der Waals surface area (Å²) in [6.45, 7) is 8.72. The van der Waals surface area contributed by atoms with Crippen LogP contribution >= 0.6 is 0 Å². The highest BCUT2D eigenvalue weighted by atomic mass is 14.9. The maximum atomic E-state index is 6.82. The Kier molecular flexibility index (Phi) is 1.34. The fraction of sp³-hybridized carbons (Fsp3) is 0.111. The number of fused-ring (bicyclic) bond motifs is 1. The molecular weight excluding hydrogens is 150 g/mol. The molecule has 0 amide bonds. The number of rotatable bonds is 0. The van der Waals surface area contributed by atoms with Gasteiger partial charge in [0.1, 0.15) is 5.82 Å². The molecule has 0 saturated heterocycles. The maximum absolute atomic E-state index is 6.82. The fourth-order valence-corrected chi connectivity index (χ4v) is 1.19. The van der Waals surface area contributed by atoms with Gasteiger partial charge in [-0.3, -0.25) is 0 Å². The Morgan fingerprint density at radius 2 is 2.33 bits per heavy atom. The molecule has 0 radical (unpaired) electrons. The Labute approximate surface area is 69.9 Å². The van der Waals surface area contributed by atoms with Gasteiger partial charge in [-0.25, -0.2) is 9.83 Å². The van der Waals surface area contributed by atoms with Crippen molar-refractivity contribution in [2.24, 2.45) is 0 Å². The first-order valence-electron chi connectivity index (χ1n) is 3.63. The predicted octanol–water partition coefficient (Wildman–Crippen LogP) is 2.42. The molecule has 1 heterocycles. The molecule has 0 unspecified atom stereocenters. The number of hydrogen-bond donors (Lipinski definition) is 1. The van der Waals surface area contributed by atoms with E-state index >= 15 is 0 Å². The van der Waals surface area contributed by atoms with Crippen molar-refractivity contribution in [2.45, 2.75) is 6.92 Å². The Bertz CT molecular complexity index is 462. The molecule has 3 heteroatoms. The molecule has 0 spiro atoms. The molecular formula is C9H7N3. The minimum atomic E-state index is 0.645. The average molecular weight is 157 g/mol. The summed E-state index contributed by atoms with van der Waals surface area (Å²) in [7, 11) is 0. The van der Waals surface area contributed by atoms with E-state index < -0.39 is 0 Å². The quantitative estimate of drug-likeness (QED) is 0.585. The molecule has 0 aliphatic carbocycles. The van der Waals surface area contributed by atoms with Crippen LogP contribution in [0.25, 0.3) is 15.9 Å². The van der Waals surface area contributed by atoms with Crippen LogP contribution in [0.3, 0.4) is 0 Å². The van der Waals surface area contributed by atoms with Crippen molar-refractivity contribution in [3.05, 3.63) is 35.4 Å². The number of benzene rings is 1. The number of nitrogens with zero attached hydrogens (tertiary/aromatic N) is 2. The van der Waals surface area contributed by atoms with Crippen molar-refractivity contribution in [3.63, 3.8) is 0 Å². The summed E-state index contributed by atoms with van der Waals surface area (Å²) in [5, 5.41) is 0. The van der Waals surface area contributed by atoms with Gasteiger partial charge in [-0.1, -0.05) is 6.07 Å². The van der Waals surface area contributed by atoms with Crippen LogP contribution < -0.4 is 0 Å². The number of imidazole rings is 1. The van der Waals surface area contributed by atoms with Gasteiger partial charge in [0.05, 0.1) is 17.6 Å². The summed E-state index contributed by atoms with van der Waals surface area (Å²) in [4.78, 5) is 10.6. The Morgan fingerprint density at radius 1 is 1.50 bits per heavy atom. The highest BCUT2D eigenvalue weighted by Gasteiger charge is 1.98. The van der Waals surface area contributed by atoms with E-state index in [0.29, 0.717) is 5.69 Å². The van der Waals surface area contributed by atoms with Crippen LogP contribution in [0.4, 0.5) is 5.69 Å². The van der Waals surface area contributed by atoms with E-state index in [2.05, 4.69) is 14.8 Å². The first-order valence-corrected chi connectivity index (χ1v) is 3.63. The van der Waals surface area contributed by atoms with E-state index in [1.807, 2.05) is 19.1 Å². The lowest BCUT2D eigenvalue weighted by Crippen LogP contribution is -1.68. The van der Waals surface area contributed by atoms with Crippen LogP contribution in [0, 0.1) is 13.5 Å². The largest absolute Gasteiger partial charge is 0.343 e. The number of H-pyrrole nitrogens is 1. The number of hydrogen-bond acceptors (Lipinski definition) is 1. The zero-order chi connectivity index (χ0) is 8.55. The second-order valence-corrected chi connectivity index (χ2v) is 2.64. The minimum absolute atomic E-state index is 0.645. The molecule has 1 N–H and O–H groups in total. The molecule has 3 nitrogen and oxygen atoms in total. The molecule has 0 aliphatic heterocycles. The second-order valence-electron chi connectivity index (χ2n) is 2.64. The molecule has 0 aliphatic rings. The zero-order valence-corrected chi connectivity index (χ0v) is 6.63. The molecule has 58 valence electrons. The van der Waals surface area contributed by atoms with Crippen molar-refractivity contribution in [1.82, 2.24) is 9.97 Å². The Morgan fingerprint density at radius 3 is 3.08 bits per heavy atom. The number of aryl methyl sites for hydroxylation is 1. The van der Waals surface area contributed by atoms with Gasteiger partial charge in [-0.05, 0) is 19.1 Å². The summed E-state index contributed by atoms with van der Waals surface area (Å²) in [5.74, 6) is 0.882. The van der Waals surface area contributed by atoms with Crippen molar-refractivity contribution in [3.8, 4) is 0 Å². The number of aromatic nitrogens is 2. The Hall–Kier alpha value is -1.82. The van der Waals surface area contributed by atoms with Gasteiger partial charge in [-0.15, -0.1) is 0 Å². The van der Waals surface area contributed by atoms with E-state index in [4.69, 9.17) is 6.57 Å². The summed E-state index contributed by atoms with van der Waals surface area (Å²) in [5.41, 5.74) is 2.49. The number of nitrogens with one attached hydrogen (secondary N) is 1. The summed E-state index contributed by atoms with van der Waals surface area (Å²) >= 11 is 0. The summed E-state index contributed by atoms with van der Waals surface area (Å²) < 4.78 is 0. The van der Waals surface area contributed by atoms with E-state index in [1.54, 1.807) is 6.07 Å². The van der Waals surface area contributed by atoms with E-state index in [-0.39, 0.29) is 0 Å². The molecule has 2 aromatic rings. The summed E-state index contributed by atoms with van der Waals surface area (Å²) in [6, 6.07) is 5.43. The van der Waals surface area contributed by atoms with Gasteiger partial charge in [0, 0.05) is 0 Å². The standard InChI is InChI=1S/C9H7N3/c1-6-11-8-4-3-7(10-2)5-9(8)12-6/h3-5H,1H3,(H,11,12). The van der Waals surface area contributed by atoms with E-state index in [1.165, 1.54) is 0 Å². The smallest absolute Gasteiger partial charge is 0.189 e. The third-order valence-electron chi connectivity index (χ3n) is 1.71. The highest BCUT2D eigenvalue weighted by molar-refractivity contribution is 5.79. The first kappa shape index (κ1) is 6.86. The average Bonchev–Trinajstić information content (AvgIpc) is 2.43. The van der Waals surface area contributed by atoms with Gasteiger partial charge in [0.2, 0.25) is 0 Å². The van der Waals surface area contributed by atoms with Crippen molar-refractivity contribution in [2.75, 3.05) is 0 Å². The van der Waals surface area contributed by atoms with Crippen molar-refractivity contribution < 1.29 is 0 Å². The minimum Gasteiger partial charge on any atom is -0.343 e. The molecule has 0 atom stereocenters. The highest BCUT2D eigenvalue weighted by Crippen LogP contribution is 2.18. The first-order chi connectivity index (χ1) is 5.79. The molecule has 1 aromatic heterocycles. The van der Waals surface area contributed by atoms with Crippen LogP contribution in [0.5, 0.6) is 0 Å². The van der Waals surface area contributed by atoms with Crippen LogP contribution in [-0.4, -0.2) is 9.97 Å². The third-order valence-corrected chi connectivity index (χ3v) is 1.71. The molecule has 0 fully saturated rings. The lowest BCUT2D eigenvalue weighted by Gasteiger charge is -1.87. The third kappa shape index (κ3) is 0.940. The van der Waals surface area contributed by atoms with Crippen molar-refractivity contribution >= 4 is 16.7 Å². The molecule has 0 bridgehead atoms. The molecule has 1 aromatic carbocycles. The lowest BCUT2D eigenvalue weighted by molar-refractivity contribution is 1.17. The van der Waals surface area contributed by atoms with Gasteiger partial charge in [0.25, 0.3) is 0 Å². The monoisotopic (exact) mass is 157 g/mol. The topological polar surface area (TPSA) is 33.0 Å².